The molecule has 1 aliphatic carbocycles. The van der Waals surface area contributed by atoms with Crippen molar-refractivity contribution in [1.82, 2.24) is 4.90 Å². The fourth-order valence-electron chi connectivity index (χ4n) is 2.81. The summed E-state index contributed by atoms with van der Waals surface area (Å²) in [7, 11) is 0. The number of anilines is 1. The van der Waals surface area contributed by atoms with Gasteiger partial charge in [0.15, 0.2) is 0 Å². The van der Waals surface area contributed by atoms with Crippen LogP contribution in [-0.2, 0) is 6.54 Å². The average molecular weight is 266 g/mol. The second-order valence-electron chi connectivity index (χ2n) is 5.74. The Morgan fingerprint density at radius 2 is 1.85 bits per heavy atom. The van der Waals surface area contributed by atoms with Gasteiger partial charge >= 0.3 is 0 Å². The standard InChI is InChI=1S/C18H22N2/c1-14(16-7-3-2-4-8-16)20(18-10-11-18)13-15-6-5-9-17(19)12-15/h2-9,12,14,18H,10-11,13,19H2,1H3. The molecule has 104 valence electrons. The van der Waals surface area contributed by atoms with Crippen LogP contribution >= 0.6 is 0 Å². The molecule has 2 N–H and O–H groups in total. The van der Waals surface area contributed by atoms with E-state index in [9.17, 15) is 0 Å². The Morgan fingerprint density at radius 1 is 1.10 bits per heavy atom. The maximum Gasteiger partial charge on any atom is 0.0326 e. The van der Waals surface area contributed by atoms with Gasteiger partial charge in [0, 0.05) is 24.3 Å². The Hall–Kier alpha value is -1.80. The highest BCUT2D eigenvalue weighted by molar-refractivity contribution is 5.40. The summed E-state index contributed by atoms with van der Waals surface area (Å²) in [5.41, 5.74) is 9.44. The predicted molar refractivity (Wildman–Crippen MR) is 84.3 cm³/mol. The van der Waals surface area contributed by atoms with E-state index in [4.69, 9.17) is 5.73 Å². The molecule has 0 radical (unpaired) electrons. The normalized spacial score (nSPS) is 16.3. The number of hydrogen-bond donors (Lipinski definition) is 1. The minimum Gasteiger partial charge on any atom is -0.399 e. The molecular weight excluding hydrogens is 244 g/mol. The van der Waals surface area contributed by atoms with Gasteiger partial charge in [0.05, 0.1) is 0 Å². The summed E-state index contributed by atoms with van der Waals surface area (Å²) in [6, 6.07) is 20.2. The third-order valence-electron chi connectivity index (χ3n) is 4.11. The van der Waals surface area contributed by atoms with E-state index >= 15 is 0 Å². The van der Waals surface area contributed by atoms with E-state index in [1.165, 1.54) is 24.0 Å². The van der Waals surface area contributed by atoms with E-state index in [2.05, 4.69) is 54.3 Å². The molecule has 0 saturated heterocycles. The summed E-state index contributed by atoms with van der Waals surface area (Å²) in [6.07, 6.45) is 2.64. The zero-order valence-electron chi connectivity index (χ0n) is 12.0. The maximum atomic E-state index is 5.89. The topological polar surface area (TPSA) is 29.3 Å². The van der Waals surface area contributed by atoms with E-state index in [0.29, 0.717) is 6.04 Å². The quantitative estimate of drug-likeness (QED) is 0.829. The van der Waals surface area contributed by atoms with Gasteiger partial charge in [-0.2, -0.15) is 0 Å². The zero-order chi connectivity index (χ0) is 13.9. The van der Waals surface area contributed by atoms with Gasteiger partial charge in [-0.25, -0.2) is 0 Å². The van der Waals surface area contributed by atoms with Crippen molar-refractivity contribution >= 4 is 5.69 Å². The van der Waals surface area contributed by atoms with E-state index < -0.39 is 0 Å². The third kappa shape index (κ3) is 3.02. The first-order valence-electron chi connectivity index (χ1n) is 7.39. The zero-order valence-corrected chi connectivity index (χ0v) is 12.0. The van der Waals surface area contributed by atoms with E-state index in [1.807, 2.05) is 12.1 Å². The summed E-state index contributed by atoms with van der Waals surface area (Å²) in [6.45, 7) is 3.28. The molecule has 0 bridgehead atoms. The Bertz CT molecular complexity index is 561. The molecule has 0 heterocycles. The molecule has 3 rings (SSSR count). The van der Waals surface area contributed by atoms with Gasteiger partial charge in [0.1, 0.15) is 0 Å². The molecule has 2 aromatic rings. The molecular formula is C18H22N2. The van der Waals surface area contributed by atoms with Crippen LogP contribution in [-0.4, -0.2) is 10.9 Å². The molecule has 0 spiro atoms. The highest BCUT2D eigenvalue weighted by Gasteiger charge is 2.32. The first-order valence-corrected chi connectivity index (χ1v) is 7.39. The van der Waals surface area contributed by atoms with Crippen LogP contribution in [0.1, 0.15) is 36.9 Å². The summed E-state index contributed by atoms with van der Waals surface area (Å²) in [5, 5.41) is 0. The minimum absolute atomic E-state index is 0.449. The molecule has 20 heavy (non-hydrogen) atoms. The predicted octanol–water partition coefficient (Wildman–Crippen LogP) is 3.99. The fraction of sp³-hybridized carbons (Fsp3) is 0.333. The fourth-order valence-corrected chi connectivity index (χ4v) is 2.81. The van der Waals surface area contributed by atoms with Gasteiger partial charge in [-0.1, -0.05) is 42.5 Å². The van der Waals surface area contributed by atoms with E-state index in [1.54, 1.807) is 0 Å². The molecule has 0 aliphatic heterocycles. The SMILES string of the molecule is CC(c1ccccc1)N(Cc1cccc(N)c1)C1CC1. The highest BCUT2D eigenvalue weighted by atomic mass is 15.2. The molecule has 1 aliphatic rings. The number of hydrogen-bond acceptors (Lipinski definition) is 2. The number of rotatable bonds is 5. The van der Waals surface area contributed by atoms with Crippen molar-refractivity contribution in [2.24, 2.45) is 0 Å². The third-order valence-corrected chi connectivity index (χ3v) is 4.11. The van der Waals surface area contributed by atoms with E-state index in [-0.39, 0.29) is 0 Å². The number of benzene rings is 2. The summed E-state index contributed by atoms with van der Waals surface area (Å²) in [5.74, 6) is 0. The smallest absolute Gasteiger partial charge is 0.0326 e. The van der Waals surface area contributed by atoms with Crippen molar-refractivity contribution in [1.29, 1.82) is 0 Å². The van der Waals surface area contributed by atoms with Crippen LogP contribution in [0, 0.1) is 0 Å². The Morgan fingerprint density at radius 3 is 2.50 bits per heavy atom. The second-order valence-corrected chi connectivity index (χ2v) is 5.74. The monoisotopic (exact) mass is 266 g/mol. The van der Waals surface area contributed by atoms with Crippen LogP contribution in [0.25, 0.3) is 0 Å². The number of nitrogens with two attached hydrogens (primary N) is 1. The molecule has 2 heteroatoms. The van der Waals surface area contributed by atoms with Crippen molar-refractivity contribution in [3.8, 4) is 0 Å². The lowest BCUT2D eigenvalue weighted by atomic mass is 10.1. The first-order chi connectivity index (χ1) is 9.74. The maximum absolute atomic E-state index is 5.89. The van der Waals surface area contributed by atoms with Gasteiger partial charge in [0.25, 0.3) is 0 Å². The van der Waals surface area contributed by atoms with Crippen LogP contribution in [0.4, 0.5) is 5.69 Å². The summed E-state index contributed by atoms with van der Waals surface area (Å²) in [4.78, 5) is 2.60. The Labute approximate surface area is 121 Å². The Kier molecular flexibility index (Phi) is 3.75. The molecule has 2 aromatic carbocycles. The lowest BCUT2D eigenvalue weighted by Crippen LogP contribution is -2.28. The molecule has 2 nitrogen and oxygen atoms in total. The molecule has 0 amide bonds. The lowest BCUT2D eigenvalue weighted by Gasteiger charge is -2.29. The lowest BCUT2D eigenvalue weighted by molar-refractivity contribution is 0.190. The van der Waals surface area contributed by atoms with Crippen LogP contribution in [0.5, 0.6) is 0 Å². The summed E-state index contributed by atoms with van der Waals surface area (Å²) >= 11 is 0. The Balaban J connectivity index is 1.79. The average Bonchev–Trinajstić information content (AvgIpc) is 3.30. The van der Waals surface area contributed by atoms with Gasteiger partial charge in [-0.05, 0) is 43.0 Å². The van der Waals surface area contributed by atoms with Crippen LogP contribution in [0.15, 0.2) is 54.6 Å². The van der Waals surface area contributed by atoms with Crippen molar-refractivity contribution in [3.63, 3.8) is 0 Å². The van der Waals surface area contributed by atoms with Gasteiger partial charge < -0.3 is 5.73 Å². The van der Waals surface area contributed by atoms with Crippen LogP contribution < -0.4 is 5.73 Å². The minimum atomic E-state index is 0.449. The highest BCUT2D eigenvalue weighted by Crippen LogP contribution is 2.35. The molecule has 1 fully saturated rings. The van der Waals surface area contributed by atoms with Crippen molar-refractivity contribution < 1.29 is 0 Å². The molecule has 1 unspecified atom stereocenters. The van der Waals surface area contributed by atoms with E-state index in [0.717, 1.165) is 18.3 Å². The van der Waals surface area contributed by atoms with Crippen LogP contribution in [0.2, 0.25) is 0 Å². The molecule has 1 atom stereocenters. The molecule has 1 saturated carbocycles. The van der Waals surface area contributed by atoms with Gasteiger partial charge in [-0.15, -0.1) is 0 Å². The largest absolute Gasteiger partial charge is 0.399 e. The van der Waals surface area contributed by atoms with Crippen molar-refractivity contribution in [2.45, 2.75) is 38.4 Å². The molecule has 0 aromatic heterocycles. The van der Waals surface area contributed by atoms with Gasteiger partial charge in [0.2, 0.25) is 0 Å². The first kappa shape index (κ1) is 13.2. The van der Waals surface area contributed by atoms with Gasteiger partial charge in [-0.3, -0.25) is 4.90 Å². The van der Waals surface area contributed by atoms with Crippen LogP contribution in [0.3, 0.4) is 0 Å². The summed E-state index contributed by atoms with van der Waals surface area (Å²) < 4.78 is 0. The number of nitrogens with zero attached hydrogens (tertiary/aromatic N) is 1. The van der Waals surface area contributed by atoms with Crippen molar-refractivity contribution in [3.05, 3.63) is 65.7 Å². The van der Waals surface area contributed by atoms with Crippen molar-refractivity contribution in [2.75, 3.05) is 5.73 Å². The second kappa shape index (κ2) is 5.68. The number of nitrogen functional groups attached to an aromatic ring is 1.